The third-order valence-corrected chi connectivity index (χ3v) is 2.60. The van der Waals surface area contributed by atoms with Gasteiger partial charge in [0.15, 0.2) is 0 Å². The number of carbonyl (C=O) groups is 1. The van der Waals surface area contributed by atoms with Crippen LogP contribution in [-0.4, -0.2) is 23.0 Å². The molecular formula is C12H9BrN2O2. The zero-order valence-corrected chi connectivity index (χ0v) is 10.6. The standard InChI is InChI=1S/C12H9BrN2O2/c1-17-12(16)8-5-6-9(14-7-8)10-3-2-4-11(13)15-10/h2-7H,1H3. The third-order valence-electron chi connectivity index (χ3n) is 2.16. The molecule has 0 aliphatic rings. The van der Waals surface area contributed by atoms with Crippen molar-refractivity contribution in [3.05, 3.63) is 46.7 Å². The van der Waals surface area contributed by atoms with Gasteiger partial charge in [0.2, 0.25) is 0 Å². The Labute approximate surface area is 107 Å². The van der Waals surface area contributed by atoms with E-state index in [2.05, 4.69) is 30.6 Å². The fourth-order valence-electron chi connectivity index (χ4n) is 1.33. The van der Waals surface area contributed by atoms with Crippen LogP contribution >= 0.6 is 15.9 Å². The maximum atomic E-state index is 11.2. The number of rotatable bonds is 2. The highest BCUT2D eigenvalue weighted by Crippen LogP contribution is 2.17. The Morgan fingerprint density at radius 2 is 2.06 bits per heavy atom. The molecule has 0 aliphatic carbocycles. The zero-order chi connectivity index (χ0) is 12.3. The molecule has 0 aliphatic heterocycles. The molecule has 0 radical (unpaired) electrons. The summed E-state index contributed by atoms with van der Waals surface area (Å²) in [6.45, 7) is 0. The lowest BCUT2D eigenvalue weighted by atomic mass is 10.2. The summed E-state index contributed by atoms with van der Waals surface area (Å²) in [7, 11) is 1.34. The molecule has 0 N–H and O–H groups in total. The number of hydrogen-bond acceptors (Lipinski definition) is 4. The van der Waals surface area contributed by atoms with Crippen molar-refractivity contribution in [2.24, 2.45) is 0 Å². The smallest absolute Gasteiger partial charge is 0.339 e. The van der Waals surface area contributed by atoms with Crippen LogP contribution in [0.5, 0.6) is 0 Å². The van der Waals surface area contributed by atoms with Crippen molar-refractivity contribution >= 4 is 21.9 Å². The van der Waals surface area contributed by atoms with Gasteiger partial charge in [-0.25, -0.2) is 9.78 Å². The second kappa shape index (κ2) is 5.05. The van der Waals surface area contributed by atoms with E-state index in [4.69, 9.17) is 0 Å². The second-order valence-electron chi connectivity index (χ2n) is 3.27. The minimum absolute atomic E-state index is 0.397. The average Bonchev–Trinajstić information content (AvgIpc) is 2.38. The quantitative estimate of drug-likeness (QED) is 0.631. The van der Waals surface area contributed by atoms with Crippen molar-refractivity contribution in [3.63, 3.8) is 0 Å². The summed E-state index contributed by atoms with van der Waals surface area (Å²) in [5.41, 5.74) is 1.88. The number of hydrogen-bond donors (Lipinski definition) is 0. The molecule has 2 heterocycles. The van der Waals surface area contributed by atoms with E-state index in [1.165, 1.54) is 13.3 Å². The number of halogens is 1. The summed E-state index contributed by atoms with van der Waals surface area (Å²) >= 11 is 3.30. The minimum atomic E-state index is -0.397. The maximum absolute atomic E-state index is 11.2. The molecule has 2 aromatic heterocycles. The van der Waals surface area contributed by atoms with Crippen molar-refractivity contribution in [3.8, 4) is 11.4 Å². The van der Waals surface area contributed by atoms with Crippen LogP contribution in [0.1, 0.15) is 10.4 Å². The highest BCUT2D eigenvalue weighted by Gasteiger charge is 2.07. The number of carbonyl (C=O) groups excluding carboxylic acids is 1. The lowest BCUT2D eigenvalue weighted by Gasteiger charge is -2.02. The fourth-order valence-corrected chi connectivity index (χ4v) is 1.68. The van der Waals surface area contributed by atoms with E-state index in [-0.39, 0.29) is 0 Å². The van der Waals surface area contributed by atoms with Crippen molar-refractivity contribution in [1.29, 1.82) is 0 Å². The molecule has 0 saturated heterocycles. The Hall–Kier alpha value is -1.75. The number of ether oxygens (including phenoxy) is 1. The van der Waals surface area contributed by atoms with Crippen molar-refractivity contribution in [1.82, 2.24) is 9.97 Å². The lowest BCUT2D eigenvalue weighted by Crippen LogP contribution is -2.01. The van der Waals surface area contributed by atoms with Gasteiger partial charge in [-0.05, 0) is 40.2 Å². The zero-order valence-electron chi connectivity index (χ0n) is 9.05. The van der Waals surface area contributed by atoms with Crippen LogP contribution in [0.4, 0.5) is 0 Å². The van der Waals surface area contributed by atoms with Crippen molar-refractivity contribution in [2.75, 3.05) is 7.11 Å². The highest BCUT2D eigenvalue weighted by atomic mass is 79.9. The Kier molecular flexibility index (Phi) is 3.49. The first-order valence-electron chi connectivity index (χ1n) is 4.88. The molecular weight excluding hydrogens is 284 g/mol. The molecule has 86 valence electrons. The average molecular weight is 293 g/mol. The van der Waals surface area contributed by atoms with Gasteiger partial charge in [-0.2, -0.15) is 0 Å². The monoisotopic (exact) mass is 292 g/mol. The van der Waals surface area contributed by atoms with E-state index in [0.717, 1.165) is 10.3 Å². The van der Waals surface area contributed by atoms with Crippen LogP contribution in [0.2, 0.25) is 0 Å². The number of aromatic nitrogens is 2. The van der Waals surface area contributed by atoms with Crippen molar-refractivity contribution in [2.45, 2.75) is 0 Å². The van der Waals surface area contributed by atoms with Crippen LogP contribution in [0.25, 0.3) is 11.4 Å². The molecule has 0 aromatic carbocycles. The predicted octanol–water partition coefficient (Wildman–Crippen LogP) is 2.69. The lowest BCUT2D eigenvalue weighted by molar-refractivity contribution is 0.0600. The van der Waals surface area contributed by atoms with Gasteiger partial charge >= 0.3 is 5.97 Å². The van der Waals surface area contributed by atoms with Crippen LogP contribution in [0, 0.1) is 0 Å². The summed E-state index contributed by atoms with van der Waals surface area (Å²) in [4.78, 5) is 19.7. The molecule has 17 heavy (non-hydrogen) atoms. The van der Waals surface area contributed by atoms with Crippen LogP contribution in [-0.2, 0) is 4.74 Å². The first-order chi connectivity index (χ1) is 8.20. The molecule has 0 unspecified atom stereocenters. The topological polar surface area (TPSA) is 52.1 Å². The van der Waals surface area contributed by atoms with Gasteiger partial charge in [-0.3, -0.25) is 4.98 Å². The molecule has 0 spiro atoms. The molecule has 2 aromatic rings. The molecule has 0 saturated carbocycles. The number of esters is 1. The SMILES string of the molecule is COC(=O)c1ccc(-c2cccc(Br)n2)nc1. The van der Waals surface area contributed by atoms with Gasteiger partial charge in [-0.15, -0.1) is 0 Å². The first-order valence-corrected chi connectivity index (χ1v) is 5.67. The summed E-state index contributed by atoms with van der Waals surface area (Å²) in [5.74, 6) is -0.397. The molecule has 0 bridgehead atoms. The highest BCUT2D eigenvalue weighted by molar-refractivity contribution is 9.10. The Balaban J connectivity index is 2.32. The molecule has 5 heteroatoms. The number of pyridine rings is 2. The summed E-state index contributed by atoms with van der Waals surface area (Å²) in [6.07, 6.45) is 1.48. The van der Waals surface area contributed by atoms with Gasteiger partial charge in [0.25, 0.3) is 0 Å². The molecule has 4 nitrogen and oxygen atoms in total. The van der Waals surface area contributed by atoms with Gasteiger partial charge in [0.05, 0.1) is 24.1 Å². The van der Waals surface area contributed by atoms with Crippen LogP contribution in [0.15, 0.2) is 41.1 Å². The largest absolute Gasteiger partial charge is 0.465 e. The Morgan fingerprint density at radius 1 is 1.24 bits per heavy atom. The van der Waals surface area contributed by atoms with E-state index in [0.29, 0.717) is 11.3 Å². The molecule has 0 atom stereocenters. The number of nitrogens with zero attached hydrogens (tertiary/aromatic N) is 2. The molecule has 2 rings (SSSR count). The van der Waals surface area contributed by atoms with E-state index < -0.39 is 5.97 Å². The van der Waals surface area contributed by atoms with Gasteiger partial charge in [0, 0.05) is 6.20 Å². The van der Waals surface area contributed by atoms with E-state index in [1.54, 1.807) is 12.1 Å². The van der Waals surface area contributed by atoms with E-state index in [1.807, 2.05) is 18.2 Å². The maximum Gasteiger partial charge on any atom is 0.339 e. The normalized spacial score (nSPS) is 10.0. The predicted molar refractivity (Wildman–Crippen MR) is 66.5 cm³/mol. The van der Waals surface area contributed by atoms with Crippen LogP contribution < -0.4 is 0 Å². The Bertz CT molecular complexity index is 540. The number of methoxy groups -OCH3 is 1. The van der Waals surface area contributed by atoms with E-state index in [9.17, 15) is 4.79 Å². The summed E-state index contributed by atoms with van der Waals surface area (Å²) in [6, 6.07) is 8.97. The van der Waals surface area contributed by atoms with Crippen LogP contribution in [0.3, 0.4) is 0 Å². The summed E-state index contributed by atoms with van der Waals surface area (Å²) < 4.78 is 5.34. The Morgan fingerprint density at radius 3 is 2.65 bits per heavy atom. The summed E-state index contributed by atoms with van der Waals surface area (Å²) in [5, 5.41) is 0. The first kappa shape index (κ1) is 11.7. The van der Waals surface area contributed by atoms with Gasteiger partial charge in [0.1, 0.15) is 4.60 Å². The molecule has 0 amide bonds. The third kappa shape index (κ3) is 2.68. The fraction of sp³-hybridized carbons (Fsp3) is 0.0833. The van der Waals surface area contributed by atoms with E-state index >= 15 is 0 Å². The molecule has 0 fully saturated rings. The second-order valence-corrected chi connectivity index (χ2v) is 4.08. The van der Waals surface area contributed by atoms with Gasteiger partial charge < -0.3 is 4.74 Å². The minimum Gasteiger partial charge on any atom is -0.465 e. The van der Waals surface area contributed by atoms with Gasteiger partial charge in [-0.1, -0.05) is 6.07 Å². The van der Waals surface area contributed by atoms with Crippen molar-refractivity contribution < 1.29 is 9.53 Å².